The number of benzene rings is 1. The molecular formula is C17H15N3O5. The van der Waals surface area contributed by atoms with E-state index in [2.05, 4.69) is 10.4 Å². The summed E-state index contributed by atoms with van der Waals surface area (Å²) in [5, 5.41) is 6.90. The molecule has 8 heteroatoms. The molecule has 0 radical (unpaired) electrons. The summed E-state index contributed by atoms with van der Waals surface area (Å²) in [7, 11) is 0. The number of hydrogen-bond acceptors (Lipinski definition) is 6. The van der Waals surface area contributed by atoms with E-state index in [1.165, 1.54) is 6.26 Å². The lowest BCUT2D eigenvalue weighted by molar-refractivity contribution is -0.122. The number of furan rings is 1. The van der Waals surface area contributed by atoms with Crippen LogP contribution in [-0.4, -0.2) is 22.3 Å². The number of ether oxygens (including phenoxy) is 1. The van der Waals surface area contributed by atoms with Gasteiger partial charge in [0, 0.05) is 12.0 Å². The van der Waals surface area contributed by atoms with Gasteiger partial charge in [0.2, 0.25) is 5.91 Å². The van der Waals surface area contributed by atoms with Gasteiger partial charge in [0.1, 0.15) is 12.3 Å². The van der Waals surface area contributed by atoms with Gasteiger partial charge < -0.3 is 18.9 Å². The number of aromatic nitrogens is 2. The van der Waals surface area contributed by atoms with E-state index in [-0.39, 0.29) is 24.4 Å². The van der Waals surface area contributed by atoms with Gasteiger partial charge in [-0.3, -0.25) is 4.79 Å². The Bertz CT molecular complexity index is 941. The number of carbonyl (C=O) groups is 1. The average molecular weight is 341 g/mol. The van der Waals surface area contributed by atoms with Gasteiger partial charge in [0.05, 0.1) is 18.9 Å². The maximum absolute atomic E-state index is 12.3. The second kappa shape index (κ2) is 6.31. The second-order valence-electron chi connectivity index (χ2n) is 5.60. The molecule has 25 heavy (non-hydrogen) atoms. The van der Waals surface area contributed by atoms with Gasteiger partial charge >= 0.3 is 5.76 Å². The lowest BCUT2D eigenvalue weighted by Crippen LogP contribution is -2.36. The standard InChI is InChI=1S/C17H15N3O5/c21-15(18-12-7-9-24-13-5-2-1-4-11(12)13)10-20-17(22)25-16(19-20)14-6-3-8-23-14/h1-6,8,12H,7,9-10H2,(H,18,21). The Morgan fingerprint density at radius 3 is 3.00 bits per heavy atom. The lowest BCUT2D eigenvalue weighted by atomic mass is 10.0. The highest BCUT2D eigenvalue weighted by Crippen LogP contribution is 2.31. The zero-order valence-electron chi connectivity index (χ0n) is 13.2. The number of fused-ring (bicyclic) bond motifs is 1. The molecule has 0 aliphatic carbocycles. The van der Waals surface area contributed by atoms with E-state index in [1.807, 2.05) is 24.3 Å². The van der Waals surface area contributed by atoms with Crippen molar-refractivity contribution in [2.75, 3.05) is 6.61 Å². The van der Waals surface area contributed by atoms with E-state index >= 15 is 0 Å². The summed E-state index contributed by atoms with van der Waals surface area (Å²) in [6.07, 6.45) is 2.11. The molecule has 3 heterocycles. The number of rotatable bonds is 4. The van der Waals surface area contributed by atoms with Crippen LogP contribution in [0.1, 0.15) is 18.0 Å². The Morgan fingerprint density at radius 2 is 2.16 bits per heavy atom. The molecule has 2 aromatic heterocycles. The minimum absolute atomic E-state index is 0.0409. The van der Waals surface area contributed by atoms with E-state index in [4.69, 9.17) is 13.6 Å². The molecule has 1 aromatic carbocycles. The molecule has 4 rings (SSSR count). The predicted octanol–water partition coefficient (Wildman–Crippen LogP) is 1.74. The monoisotopic (exact) mass is 341 g/mol. The van der Waals surface area contributed by atoms with Crippen molar-refractivity contribution in [3.63, 3.8) is 0 Å². The summed E-state index contributed by atoms with van der Waals surface area (Å²) in [5.41, 5.74) is 0.922. The zero-order chi connectivity index (χ0) is 17.2. The predicted molar refractivity (Wildman–Crippen MR) is 85.9 cm³/mol. The Hall–Kier alpha value is -3.29. The van der Waals surface area contributed by atoms with Crippen molar-refractivity contribution in [2.24, 2.45) is 0 Å². The average Bonchev–Trinajstić information content (AvgIpc) is 3.26. The highest BCUT2D eigenvalue weighted by Gasteiger charge is 2.23. The molecule has 8 nitrogen and oxygen atoms in total. The Labute approximate surface area is 142 Å². The normalized spacial score (nSPS) is 16.1. The molecule has 3 aromatic rings. The maximum atomic E-state index is 12.3. The molecule has 1 amide bonds. The van der Waals surface area contributed by atoms with Gasteiger partial charge in [-0.2, -0.15) is 4.68 Å². The van der Waals surface area contributed by atoms with Crippen molar-refractivity contribution < 1.29 is 18.4 Å². The van der Waals surface area contributed by atoms with Gasteiger partial charge in [-0.25, -0.2) is 4.79 Å². The van der Waals surface area contributed by atoms with E-state index in [0.29, 0.717) is 18.8 Å². The molecule has 1 aliphatic heterocycles. The largest absolute Gasteiger partial charge is 0.493 e. The SMILES string of the molecule is O=C(Cn1nc(-c2ccco2)oc1=O)NC1CCOc2ccccc21. The molecule has 0 spiro atoms. The smallest absolute Gasteiger partial charge is 0.437 e. The van der Waals surface area contributed by atoms with Gasteiger partial charge in [-0.05, 0) is 18.2 Å². The lowest BCUT2D eigenvalue weighted by Gasteiger charge is -2.26. The summed E-state index contributed by atoms with van der Waals surface area (Å²) in [5.74, 6) is 0.0867. The first kappa shape index (κ1) is 15.3. The fraction of sp³-hybridized carbons (Fsp3) is 0.235. The van der Waals surface area contributed by atoms with Gasteiger partial charge in [-0.15, -0.1) is 5.10 Å². The van der Waals surface area contributed by atoms with Crippen molar-refractivity contribution in [1.82, 2.24) is 15.1 Å². The van der Waals surface area contributed by atoms with Crippen molar-refractivity contribution in [3.8, 4) is 17.4 Å². The second-order valence-corrected chi connectivity index (χ2v) is 5.60. The molecule has 1 N–H and O–H groups in total. The Morgan fingerprint density at radius 1 is 1.28 bits per heavy atom. The van der Waals surface area contributed by atoms with E-state index < -0.39 is 5.76 Å². The topological polar surface area (TPSA) is 99.5 Å². The molecule has 1 atom stereocenters. The van der Waals surface area contributed by atoms with Crippen molar-refractivity contribution in [2.45, 2.75) is 19.0 Å². The van der Waals surface area contributed by atoms with E-state index in [0.717, 1.165) is 16.0 Å². The number of nitrogens with one attached hydrogen (secondary N) is 1. The molecule has 1 aliphatic rings. The number of amides is 1. The number of para-hydroxylation sites is 1. The van der Waals surface area contributed by atoms with Crippen LogP contribution in [0.15, 0.2) is 56.3 Å². The first-order chi connectivity index (χ1) is 12.2. The van der Waals surface area contributed by atoms with Crippen LogP contribution in [0.2, 0.25) is 0 Å². The minimum atomic E-state index is -0.714. The van der Waals surface area contributed by atoms with Crippen LogP contribution in [0.25, 0.3) is 11.7 Å². The van der Waals surface area contributed by atoms with Gasteiger partial charge in [-0.1, -0.05) is 18.2 Å². The fourth-order valence-electron chi connectivity index (χ4n) is 2.77. The van der Waals surface area contributed by atoms with Gasteiger partial charge in [0.15, 0.2) is 5.76 Å². The highest BCUT2D eigenvalue weighted by molar-refractivity contribution is 5.76. The number of nitrogens with zero attached hydrogens (tertiary/aromatic N) is 2. The molecule has 128 valence electrons. The number of hydrogen-bond donors (Lipinski definition) is 1. The number of carbonyl (C=O) groups excluding carboxylic acids is 1. The molecule has 0 fully saturated rings. The highest BCUT2D eigenvalue weighted by atomic mass is 16.5. The van der Waals surface area contributed by atoms with E-state index in [9.17, 15) is 9.59 Å². The molecule has 0 bridgehead atoms. The first-order valence-electron chi connectivity index (χ1n) is 7.83. The fourth-order valence-corrected chi connectivity index (χ4v) is 2.77. The Balaban J connectivity index is 1.48. The van der Waals surface area contributed by atoms with Crippen LogP contribution < -0.4 is 15.8 Å². The van der Waals surface area contributed by atoms with Crippen LogP contribution in [0, 0.1) is 0 Å². The van der Waals surface area contributed by atoms with Crippen LogP contribution in [0.4, 0.5) is 0 Å². The first-order valence-corrected chi connectivity index (χ1v) is 7.83. The maximum Gasteiger partial charge on any atom is 0.437 e. The van der Waals surface area contributed by atoms with Crippen LogP contribution in [-0.2, 0) is 11.3 Å². The molecular weight excluding hydrogens is 326 g/mol. The third kappa shape index (κ3) is 3.06. The minimum Gasteiger partial charge on any atom is -0.493 e. The summed E-state index contributed by atoms with van der Waals surface area (Å²) >= 11 is 0. The van der Waals surface area contributed by atoms with Crippen LogP contribution in [0.5, 0.6) is 5.75 Å². The molecule has 1 unspecified atom stereocenters. The van der Waals surface area contributed by atoms with Crippen molar-refractivity contribution >= 4 is 5.91 Å². The summed E-state index contributed by atoms with van der Waals surface area (Å²) in [4.78, 5) is 24.2. The summed E-state index contributed by atoms with van der Waals surface area (Å²) in [6, 6.07) is 10.7. The van der Waals surface area contributed by atoms with Crippen molar-refractivity contribution in [1.29, 1.82) is 0 Å². The van der Waals surface area contributed by atoms with Crippen LogP contribution >= 0.6 is 0 Å². The Kier molecular flexibility index (Phi) is 3.85. The third-order valence-corrected chi connectivity index (χ3v) is 3.93. The quantitative estimate of drug-likeness (QED) is 0.776. The van der Waals surface area contributed by atoms with Crippen molar-refractivity contribution in [3.05, 3.63) is 58.8 Å². The zero-order valence-corrected chi connectivity index (χ0v) is 13.2. The van der Waals surface area contributed by atoms with Crippen LogP contribution in [0.3, 0.4) is 0 Å². The molecule has 0 saturated heterocycles. The summed E-state index contributed by atoms with van der Waals surface area (Å²) in [6.45, 7) is 0.289. The van der Waals surface area contributed by atoms with E-state index in [1.54, 1.807) is 12.1 Å². The molecule has 0 saturated carbocycles. The summed E-state index contributed by atoms with van der Waals surface area (Å²) < 4.78 is 16.7. The third-order valence-electron chi connectivity index (χ3n) is 3.93. The van der Waals surface area contributed by atoms with Gasteiger partial charge in [0.25, 0.3) is 5.89 Å².